The van der Waals surface area contributed by atoms with Gasteiger partial charge >= 0.3 is 0 Å². The highest BCUT2D eigenvalue weighted by molar-refractivity contribution is 5.84. The summed E-state index contributed by atoms with van der Waals surface area (Å²) in [5, 5.41) is 0. The minimum atomic E-state index is 0.540. The van der Waals surface area contributed by atoms with Gasteiger partial charge in [0, 0.05) is 37.3 Å². The first-order valence-corrected chi connectivity index (χ1v) is 8.89. The highest BCUT2D eigenvalue weighted by atomic mass is 16.6. The van der Waals surface area contributed by atoms with Crippen LogP contribution in [-0.2, 0) is 13.1 Å². The summed E-state index contributed by atoms with van der Waals surface area (Å²) in [5.41, 5.74) is 9.91. The van der Waals surface area contributed by atoms with Gasteiger partial charge in [0.2, 0.25) is 0 Å². The molecule has 3 aromatic rings. The molecule has 0 saturated carbocycles. The van der Waals surface area contributed by atoms with Crippen LogP contribution in [0.3, 0.4) is 0 Å². The van der Waals surface area contributed by atoms with E-state index in [0.717, 1.165) is 52.6 Å². The van der Waals surface area contributed by atoms with E-state index in [1.165, 1.54) is 0 Å². The normalized spacial score (nSPS) is 13.5. The van der Waals surface area contributed by atoms with Gasteiger partial charge in [-0.2, -0.15) is 0 Å². The van der Waals surface area contributed by atoms with Gasteiger partial charge in [-0.25, -0.2) is 4.98 Å². The lowest BCUT2D eigenvalue weighted by Gasteiger charge is -2.18. The lowest BCUT2D eigenvalue weighted by Crippen LogP contribution is -2.19. The maximum Gasteiger partial charge on any atom is 0.163 e. The lowest BCUT2D eigenvalue weighted by molar-refractivity contribution is 0.172. The second-order valence-electron chi connectivity index (χ2n) is 6.78. The molecular weight excluding hydrogens is 328 g/mol. The average molecular weight is 352 g/mol. The first-order valence-electron chi connectivity index (χ1n) is 8.89. The van der Waals surface area contributed by atoms with E-state index in [0.29, 0.717) is 19.8 Å². The zero-order chi connectivity index (χ0) is 18.1. The largest absolute Gasteiger partial charge is 0.486 e. The van der Waals surface area contributed by atoms with E-state index >= 15 is 0 Å². The number of likely N-dealkylation sites (N-methyl/N-ethyl adjacent to an activating group) is 1. The predicted molar refractivity (Wildman–Crippen MR) is 103 cm³/mol. The van der Waals surface area contributed by atoms with Gasteiger partial charge in [-0.15, -0.1) is 0 Å². The van der Waals surface area contributed by atoms with Gasteiger partial charge in [0.25, 0.3) is 0 Å². The first kappa shape index (κ1) is 16.9. The summed E-state index contributed by atoms with van der Waals surface area (Å²) in [4.78, 5) is 7.07. The Labute approximate surface area is 153 Å². The Morgan fingerprint density at radius 3 is 2.42 bits per heavy atom. The van der Waals surface area contributed by atoms with Gasteiger partial charge < -0.3 is 24.7 Å². The van der Waals surface area contributed by atoms with Crippen LogP contribution in [0.2, 0.25) is 0 Å². The molecule has 6 heteroatoms. The molecule has 0 bridgehead atoms. The molecule has 4 rings (SSSR count). The second-order valence-corrected chi connectivity index (χ2v) is 6.78. The lowest BCUT2D eigenvalue weighted by atomic mass is 10.1. The quantitative estimate of drug-likeness (QED) is 0.764. The summed E-state index contributed by atoms with van der Waals surface area (Å²) >= 11 is 0. The minimum Gasteiger partial charge on any atom is -0.486 e. The Balaban J connectivity index is 1.84. The highest BCUT2D eigenvalue weighted by Crippen LogP contribution is 2.36. The summed E-state index contributed by atoms with van der Waals surface area (Å²) in [7, 11) is 4.15. The van der Waals surface area contributed by atoms with Crippen molar-refractivity contribution in [1.82, 2.24) is 14.5 Å². The number of nitrogens with zero attached hydrogens (tertiary/aromatic N) is 3. The van der Waals surface area contributed by atoms with Crippen LogP contribution in [-0.4, -0.2) is 48.3 Å². The van der Waals surface area contributed by atoms with Crippen LogP contribution in [0.5, 0.6) is 11.5 Å². The van der Waals surface area contributed by atoms with Crippen LogP contribution in [0.4, 0.5) is 0 Å². The van der Waals surface area contributed by atoms with E-state index in [2.05, 4.69) is 47.8 Å². The molecule has 6 nitrogen and oxygen atoms in total. The van der Waals surface area contributed by atoms with E-state index in [4.69, 9.17) is 20.2 Å². The second kappa shape index (κ2) is 6.97. The van der Waals surface area contributed by atoms with Gasteiger partial charge in [-0.05, 0) is 19.7 Å². The predicted octanol–water partition coefficient (Wildman–Crippen LogP) is 2.49. The molecule has 0 saturated heterocycles. The van der Waals surface area contributed by atoms with Crippen molar-refractivity contribution in [2.24, 2.45) is 5.73 Å². The van der Waals surface area contributed by atoms with Crippen LogP contribution in [0, 0.1) is 0 Å². The van der Waals surface area contributed by atoms with Gasteiger partial charge in [-0.3, -0.25) is 0 Å². The monoisotopic (exact) mass is 352 g/mol. The zero-order valence-electron chi connectivity index (χ0n) is 15.2. The van der Waals surface area contributed by atoms with E-state index in [-0.39, 0.29) is 0 Å². The molecule has 2 heterocycles. The van der Waals surface area contributed by atoms with E-state index in [1.807, 2.05) is 12.1 Å². The molecule has 0 radical (unpaired) electrons. The minimum absolute atomic E-state index is 0.540. The van der Waals surface area contributed by atoms with Crippen molar-refractivity contribution < 1.29 is 9.47 Å². The molecule has 0 fully saturated rings. The summed E-state index contributed by atoms with van der Waals surface area (Å²) in [6.45, 7) is 3.47. The van der Waals surface area contributed by atoms with Gasteiger partial charge in [-0.1, -0.05) is 24.3 Å². The molecule has 1 aromatic heterocycles. The maximum absolute atomic E-state index is 5.77. The summed E-state index contributed by atoms with van der Waals surface area (Å²) in [5.74, 6) is 2.51. The van der Waals surface area contributed by atoms with Gasteiger partial charge in [0.15, 0.2) is 11.5 Å². The number of imidazole rings is 1. The molecule has 2 aromatic carbocycles. The fourth-order valence-electron chi connectivity index (χ4n) is 3.20. The van der Waals surface area contributed by atoms with Crippen molar-refractivity contribution in [3.05, 3.63) is 42.0 Å². The standard InChI is InChI=1S/C20H24N4O2/c1-23(2)7-8-24-17-12-19-18(25-9-10-26-19)11-16(17)22-20(24)15-5-3-14(13-21)4-6-15/h3-6,11-12H,7-10,13,21H2,1-2H3. The van der Waals surface area contributed by atoms with Crippen molar-refractivity contribution in [2.75, 3.05) is 33.9 Å². The molecule has 0 amide bonds. The van der Waals surface area contributed by atoms with Crippen molar-refractivity contribution in [2.45, 2.75) is 13.1 Å². The molecule has 0 aliphatic carbocycles. The van der Waals surface area contributed by atoms with Gasteiger partial charge in [0.1, 0.15) is 19.0 Å². The SMILES string of the molecule is CN(C)CCn1c(-c2ccc(CN)cc2)nc2cc3c(cc21)OCCO3. The third-order valence-corrected chi connectivity index (χ3v) is 4.63. The summed E-state index contributed by atoms with van der Waals surface area (Å²) in [6.07, 6.45) is 0. The van der Waals surface area contributed by atoms with Crippen LogP contribution in [0.1, 0.15) is 5.56 Å². The smallest absolute Gasteiger partial charge is 0.163 e. The molecule has 1 aliphatic rings. The number of nitrogens with two attached hydrogens (primary N) is 1. The Morgan fingerprint density at radius 1 is 1.08 bits per heavy atom. The highest BCUT2D eigenvalue weighted by Gasteiger charge is 2.19. The van der Waals surface area contributed by atoms with Crippen LogP contribution < -0.4 is 15.2 Å². The summed E-state index contributed by atoms with van der Waals surface area (Å²) in [6, 6.07) is 12.3. The number of hydrogen-bond acceptors (Lipinski definition) is 5. The Morgan fingerprint density at radius 2 is 1.77 bits per heavy atom. The van der Waals surface area contributed by atoms with Crippen LogP contribution in [0.25, 0.3) is 22.4 Å². The number of ether oxygens (including phenoxy) is 2. The molecule has 0 unspecified atom stereocenters. The summed E-state index contributed by atoms with van der Waals surface area (Å²) < 4.78 is 13.7. The number of fused-ring (bicyclic) bond motifs is 2. The number of rotatable bonds is 5. The molecule has 1 aliphatic heterocycles. The molecule has 26 heavy (non-hydrogen) atoms. The van der Waals surface area contributed by atoms with Crippen molar-refractivity contribution in [3.63, 3.8) is 0 Å². The number of hydrogen-bond donors (Lipinski definition) is 1. The van der Waals surface area contributed by atoms with Crippen molar-refractivity contribution >= 4 is 11.0 Å². The Hall–Kier alpha value is -2.57. The Kier molecular flexibility index (Phi) is 4.53. The van der Waals surface area contributed by atoms with Crippen LogP contribution in [0.15, 0.2) is 36.4 Å². The van der Waals surface area contributed by atoms with E-state index in [1.54, 1.807) is 0 Å². The zero-order valence-corrected chi connectivity index (χ0v) is 15.2. The Bertz CT molecular complexity index is 916. The fraction of sp³-hybridized carbons (Fsp3) is 0.350. The van der Waals surface area contributed by atoms with Crippen LogP contribution >= 0.6 is 0 Å². The molecule has 0 atom stereocenters. The molecular formula is C20H24N4O2. The molecule has 136 valence electrons. The third kappa shape index (κ3) is 3.13. The molecule has 0 spiro atoms. The number of aromatic nitrogens is 2. The maximum atomic E-state index is 5.77. The van der Waals surface area contributed by atoms with Gasteiger partial charge in [0.05, 0.1) is 11.0 Å². The van der Waals surface area contributed by atoms with E-state index in [9.17, 15) is 0 Å². The topological polar surface area (TPSA) is 65.5 Å². The molecule has 2 N–H and O–H groups in total. The fourth-order valence-corrected chi connectivity index (χ4v) is 3.20. The first-order chi connectivity index (χ1) is 12.7. The van der Waals surface area contributed by atoms with E-state index < -0.39 is 0 Å². The average Bonchev–Trinajstić information content (AvgIpc) is 3.02. The van der Waals surface area contributed by atoms with Crippen molar-refractivity contribution in [1.29, 1.82) is 0 Å². The third-order valence-electron chi connectivity index (χ3n) is 4.63. The van der Waals surface area contributed by atoms with Crippen molar-refractivity contribution in [3.8, 4) is 22.9 Å². The number of benzene rings is 2.